The third-order valence-corrected chi connectivity index (χ3v) is 1.79. The molecule has 0 aliphatic carbocycles. The molecule has 0 unspecified atom stereocenters. The summed E-state index contributed by atoms with van der Waals surface area (Å²) in [4.78, 5) is 3.77. The summed E-state index contributed by atoms with van der Waals surface area (Å²) >= 11 is 0. The molecule has 1 rings (SSSR count). The maximum Gasteiger partial charge on any atom is 0.126 e. The number of nitrogens with zero attached hydrogens (tertiary/aromatic N) is 1. The van der Waals surface area contributed by atoms with Crippen molar-refractivity contribution in [3.05, 3.63) is 35.1 Å². The van der Waals surface area contributed by atoms with E-state index in [9.17, 15) is 4.39 Å². The van der Waals surface area contributed by atoms with Gasteiger partial charge in [0.25, 0.3) is 0 Å². The fraction of sp³-hybridized carbons (Fsp3) is 0.300. The van der Waals surface area contributed by atoms with Crippen LogP contribution in [0.4, 0.5) is 4.39 Å². The Morgan fingerprint density at radius 3 is 2.92 bits per heavy atom. The van der Waals surface area contributed by atoms with Gasteiger partial charge in [-0.1, -0.05) is 12.1 Å². The Morgan fingerprint density at radius 2 is 2.31 bits per heavy atom. The minimum Gasteiger partial charge on any atom is -0.392 e. The van der Waals surface area contributed by atoms with E-state index in [-0.39, 0.29) is 12.4 Å². The van der Waals surface area contributed by atoms with Crippen LogP contribution in [0.15, 0.2) is 23.2 Å². The van der Waals surface area contributed by atoms with Gasteiger partial charge in [0.05, 0.1) is 6.61 Å². The molecule has 0 saturated carbocycles. The average Bonchev–Trinajstić information content (AvgIpc) is 2.17. The van der Waals surface area contributed by atoms with Crippen molar-refractivity contribution >= 4 is 6.21 Å². The minimum absolute atomic E-state index is 0.0590. The third-order valence-electron chi connectivity index (χ3n) is 1.79. The molecule has 0 atom stereocenters. The van der Waals surface area contributed by atoms with Gasteiger partial charge in [-0.05, 0) is 17.2 Å². The highest BCUT2D eigenvalue weighted by molar-refractivity contribution is 5.61. The van der Waals surface area contributed by atoms with Crippen molar-refractivity contribution in [2.24, 2.45) is 4.99 Å². The highest BCUT2D eigenvalue weighted by Gasteiger charge is 2.01. The van der Waals surface area contributed by atoms with Gasteiger partial charge >= 0.3 is 0 Å². The second-order valence-corrected chi connectivity index (χ2v) is 2.73. The molecular formula is C10H12FNO. The van der Waals surface area contributed by atoms with Crippen LogP contribution in [0.25, 0.3) is 0 Å². The van der Waals surface area contributed by atoms with Crippen molar-refractivity contribution in [3.63, 3.8) is 0 Å². The first-order chi connectivity index (χ1) is 6.27. The molecule has 0 spiro atoms. The van der Waals surface area contributed by atoms with Crippen molar-refractivity contribution < 1.29 is 9.50 Å². The second-order valence-electron chi connectivity index (χ2n) is 2.73. The van der Waals surface area contributed by atoms with Gasteiger partial charge in [0.2, 0.25) is 0 Å². The standard InChI is InChI=1S/C10H12FNO/c1-12-5-4-9-6-8(7-13)2-3-10(9)11/h2-3,5-6,13H,4,7H2,1H3. The van der Waals surface area contributed by atoms with Crippen LogP contribution in [-0.4, -0.2) is 18.4 Å². The van der Waals surface area contributed by atoms with Gasteiger partial charge in [-0.25, -0.2) is 4.39 Å². The molecule has 1 aromatic carbocycles. The lowest BCUT2D eigenvalue weighted by Crippen LogP contribution is -1.94. The van der Waals surface area contributed by atoms with E-state index in [0.29, 0.717) is 12.0 Å². The Balaban J connectivity index is 2.90. The lowest BCUT2D eigenvalue weighted by atomic mass is 10.1. The number of aliphatic hydroxyl groups excluding tert-OH is 1. The van der Waals surface area contributed by atoms with Crippen LogP contribution < -0.4 is 0 Å². The zero-order chi connectivity index (χ0) is 9.68. The molecule has 0 radical (unpaired) electrons. The van der Waals surface area contributed by atoms with E-state index in [1.807, 2.05) is 0 Å². The molecule has 1 aromatic rings. The van der Waals surface area contributed by atoms with Gasteiger partial charge in [0.15, 0.2) is 0 Å². The van der Waals surface area contributed by atoms with E-state index in [2.05, 4.69) is 4.99 Å². The van der Waals surface area contributed by atoms with Crippen LogP contribution in [0.5, 0.6) is 0 Å². The maximum atomic E-state index is 13.1. The molecular weight excluding hydrogens is 169 g/mol. The zero-order valence-corrected chi connectivity index (χ0v) is 7.50. The fourth-order valence-electron chi connectivity index (χ4n) is 1.07. The molecule has 0 aliphatic heterocycles. The third kappa shape index (κ3) is 2.63. The van der Waals surface area contributed by atoms with Gasteiger partial charge in [-0.2, -0.15) is 0 Å². The molecule has 0 bridgehead atoms. The molecule has 0 heterocycles. The predicted octanol–water partition coefficient (Wildman–Crippen LogP) is 1.56. The summed E-state index contributed by atoms with van der Waals surface area (Å²) in [6.45, 7) is -0.0590. The largest absolute Gasteiger partial charge is 0.392 e. The van der Waals surface area contributed by atoms with E-state index in [4.69, 9.17) is 5.11 Å². The molecule has 0 saturated heterocycles. The minimum atomic E-state index is -0.253. The lowest BCUT2D eigenvalue weighted by Gasteiger charge is -2.01. The molecule has 1 N–H and O–H groups in total. The molecule has 70 valence electrons. The Labute approximate surface area is 76.7 Å². The summed E-state index contributed by atoms with van der Waals surface area (Å²) in [5, 5.41) is 8.82. The molecule has 13 heavy (non-hydrogen) atoms. The van der Waals surface area contributed by atoms with Crippen molar-refractivity contribution in [2.75, 3.05) is 7.05 Å². The van der Waals surface area contributed by atoms with Crippen LogP contribution in [-0.2, 0) is 13.0 Å². The summed E-state index contributed by atoms with van der Waals surface area (Å²) in [6.07, 6.45) is 2.11. The summed E-state index contributed by atoms with van der Waals surface area (Å²) in [5.74, 6) is -0.253. The number of hydrogen-bond acceptors (Lipinski definition) is 2. The second kappa shape index (κ2) is 4.72. The van der Waals surface area contributed by atoms with E-state index < -0.39 is 0 Å². The molecule has 2 nitrogen and oxygen atoms in total. The van der Waals surface area contributed by atoms with Crippen molar-refractivity contribution in [3.8, 4) is 0 Å². The number of halogens is 1. The topological polar surface area (TPSA) is 32.6 Å². The summed E-state index contributed by atoms with van der Waals surface area (Å²) < 4.78 is 13.1. The molecule has 0 amide bonds. The number of hydrogen-bond donors (Lipinski definition) is 1. The van der Waals surface area contributed by atoms with Gasteiger partial charge in [-0.15, -0.1) is 0 Å². The Kier molecular flexibility index (Phi) is 3.58. The molecule has 0 aliphatic rings. The molecule has 0 aromatic heterocycles. The zero-order valence-electron chi connectivity index (χ0n) is 7.50. The van der Waals surface area contributed by atoms with Crippen molar-refractivity contribution in [1.29, 1.82) is 0 Å². The van der Waals surface area contributed by atoms with Crippen LogP contribution in [0.3, 0.4) is 0 Å². The van der Waals surface area contributed by atoms with Gasteiger partial charge in [0.1, 0.15) is 5.82 Å². The number of benzene rings is 1. The van der Waals surface area contributed by atoms with Gasteiger partial charge in [-0.3, -0.25) is 0 Å². The number of aliphatic hydroxyl groups is 1. The monoisotopic (exact) mass is 181 g/mol. The van der Waals surface area contributed by atoms with E-state index in [0.717, 1.165) is 5.56 Å². The molecule has 3 heteroatoms. The summed E-state index contributed by atoms with van der Waals surface area (Å²) in [7, 11) is 1.65. The lowest BCUT2D eigenvalue weighted by molar-refractivity contribution is 0.281. The SMILES string of the molecule is CN=CCc1cc(CO)ccc1F. The van der Waals surface area contributed by atoms with Crippen molar-refractivity contribution in [2.45, 2.75) is 13.0 Å². The number of aliphatic imine (C=N–C) groups is 1. The van der Waals surface area contributed by atoms with Crippen LogP contribution in [0.2, 0.25) is 0 Å². The molecule has 0 fully saturated rings. The Morgan fingerprint density at radius 1 is 1.54 bits per heavy atom. The first kappa shape index (κ1) is 9.86. The van der Waals surface area contributed by atoms with E-state index in [1.54, 1.807) is 25.4 Å². The first-order valence-corrected chi connectivity index (χ1v) is 4.06. The average molecular weight is 181 g/mol. The van der Waals surface area contributed by atoms with E-state index in [1.165, 1.54) is 6.07 Å². The van der Waals surface area contributed by atoms with Crippen molar-refractivity contribution in [1.82, 2.24) is 0 Å². The fourth-order valence-corrected chi connectivity index (χ4v) is 1.07. The first-order valence-electron chi connectivity index (χ1n) is 4.06. The highest BCUT2D eigenvalue weighted by atomic mass is 19.1. The Hall–Kier alpha value is -1.22. The van der Waals surface area contributed by atoms with Gasteiger partial charge < -0.3 is 10.1 Å². The number of rotatable bonds is 3. The van der Waals surface area contributed by atoms with E-state index >= 15 is 0 Å². The van der Waals surface area contributed by atoms with Crippen LogP contribution >= 0.6 is 0 Å². The Bertz CT molecular complexity index is 310. The quantitative estimate of drug-likeness (QED) is 0.705. The highest BCUT2D eigenvalue weighted by Crippen LogP contribution is 2.10. The van der Waals surface area contributed by atoms with Crippen LogP contribution in [0, 0.1) is 5.82 Å². The summed E-state index contributed by atoms with van der Waals surface area (Å²) in [5.41, 5.74) is 1.29. The van der Waals surface area contributed by atoms with Gasteiger partial charge in [0, 0.05) is 19.7 Å². The smallest absolute Gasteiger partial charge is 0.126 e. The predicted molar refractivity (Wildman–Crippen MR) is 50.4 cm³/mol. The summed E-state index contributed by atoms with van der Waals surface area (Å²) in [6, 6.07) is 4.59. The van der Waals surface area contributed by atoms with Crippen LogP contribution in [0.1, 0.15) is 11.1 Å². The normalized spacial score (nSPS) is 11.0. The maximum absolute atomic E-state index is 13.1.